The highest BCUT2D eigenvalue weighted by molar-refractivity contribution is 5.74. The average Bonchev–Trinajstić information content (AvgIpc) is 2.70. The van der Waals surface area contributed by atoms with Crippen LogP contribution in [0.1, 0.15) is 34.1 Å². The fourth-order valence-electron chi connectivity index (χ4n) is 2.54. The standard InChI is InChI=1S/C23H24O10/c1-14(24)30-20-8-6-18(12-22(20)32-16(3)26)28-10-5-11-29-19-7-9-21(31-15(2)25)23(13-19)33-17(4)27/h6-9,12-13H,5,10-11H2,1-4H3. The lowest BCUT2D eigenvalue weighted by Gasteiger charge is -2.13. The fraction of sp³-hybridized carbons (Fsp3) is 0.304. The van der Waals surface area contributed by atoms with Gasteiger partial charge in [0.15, 0.2) is 23.0 Å². The lowest BCUT2D eigenvalue weighted by atomic mass is 10.3. The molecule has 2 aromatic rings. The Hall–Kier alpha value is -4.08. The number of carbonyl (C=O) groups is 4. The summed E-state index contributed by atoms with van der Waals surface area (Å²) in [7, 11) is 0. The van der Waals surface area contributed by atoms with Gasteiger partial charge in [-0.15, -0.1) is 0 Å². The van der Waals surface area contributed by atoms with Crippen molar-refractivity contribution in [2.75, 3.05) is 13.2 Å². The van der Waals surface area contributed by atoms with E-state index in [0.29, 0.717) is 17.9 Å². The molecule has 0 aliphatic rings. The first-order valence-electron chi connectivity index (χ1n) is 9.91. The minimum absolute atomic E-state index is 0.0670. The van der Waals surface area contributed by atoms with Gasteiger partial charge in [-0.05, 0) is 24.3 Å². The minimum Gasteiger partial charge on any atom is -0.493 e. The first-order valence-corrected chi connectivity index (χ1v) is 9.91. The topological polar surface area (TPSA) is 124 Å². The molecule has 0 spiro atoms. The summed E-state index contributed by atoms with van der Waals surface area (Å²) in [5.74, 6) is -1.07. The molecular weight excluding hydrogens is 436 g/mol. The van der Waals surface area contributed by atoms with Crippen LogP contribution in [-0.4, -0.2) is 37.1 Å². The van der Waals surface area contributed by atoms with Crippen molar-refractivity contribution < 1.29 is 47.6 Å². The summed E-state index contributed by atoms with van der Waals surface area (Å²) in [5, 5.41) is 0. The highest BCUT2D eigenvalue weighted by Crippen LogP contribution is 2.33. The second kappa shape index (κ2) is 12.1. The summed E-state index contributed by atoms with van der Waals surface area (Å²) in [5.41, 5.74) is 0. The van der Waals surface area contributed by atoms with Gasteiger partial charge in [-0.25, -0.2) is 0 Å². The van der Waals surface area contributed by atoms with Gasteiger partial charge < -0.3 is 28.4 Å². The monoisotopic (exact) mass is 460 g/mol. The molecule has 2 aromatic carbocycles. The first kappa shape index (κ1) is 25.2. The summed E-state index contributed by atoms with van der Waals surface area (Å²) >= 11 is 0. The molecule has 10 nitrogen and oxygen atoms in total. The molecule has 2 rings (SSSR count). The molecule has 0 amide bonds. The van der Waals surface area contributed by atoms with E-state index in [2.05, 4.69) is 0 Å². The van der Waals surface area contributed by atoms with E-state index < -0.39 is 23.9 Å². The van der Waals surface area contributed by atoms with Gasteiger partial charge in [-0.1, -0.05) is 0 Å². The van der Waals surface area contributed by atoms with E-state index in [1.165, 1.54) is 52.0 Å². The number of esters is 4. The van der Waals surface area contributed by atoms with Crippen LogP contribution in [0.4, 0.5) is 0 Å². The van der Waals surface area contributed by atoms with Crippen LogP contribution < -0.4 is 28.4 Å². The largest absolute Gasteiger partial charge is 0.493 e. The molecule has 0 aliphatic heterocycles. The molecule has 0 atom stereocenters. The van der Waals surface area contributed by atoms with Gasteiger partial charge >= 0.3 is 23.9 Å². The average molecular weight is 460 g/mol. The predicted molar refractivity (Wildman–Crippen MR) is 114 cm³/mol. The van der Waals surface area contributed by atoms with E-state index in [9.17, 15) is 19.2 Å². The third-order valence-corrected chi connectivity index (χ3v) is 3.67. The van der Waals surface area contributed by atoms with E-state index in [1.54, 1.807) is 12.1 Å². The third-order valence-electron chi connectivity index (χ3n) is 3.67. The van der Waals surface area contributed by atoms with Gasteiger partial charge in [0.25, 0.3) is 0 Å². The molecule has 0 radical (unpaired) electrons. The summed E-state index contributed by atoms with van der Waals surface area (Å²) in [6.07, 6.45) is 0.489. The van der Waals surface area contributed by atoms with Crippen molar-refractivity contribution in [2.45, 2.75) is 34.1 Å². The van der Waals surface area contributed by atoms with Crippen molar-refractivity contribution in [1.29, 1.82) is 0 Å². The van der Waals surface area contributed by atoms with E-state index in [4.69, 9.17) is 28.4 Å². The number of hydrogen-bond donors (Lipinski definition) is 0. The molecule has 0 N–H and O–H groups in total. The molecule has 33 heavy (non-hydrogen) atoms. The van der Waals surface area contributed by atoms with E-state index >= 15 is 0 Å². The second-order valence-corrected chi connectivity index (χ2v) is 6.64. The zero-order valence-corrected chi connectivity index (χ0v) is 18.7. The molecule has 0 heterocycles. The van der Waals surface area contributed by atoms with Crippen molar-refractivity contribution in [3.05, 3.63) is 36.4 Å². The van der Waals surface area contributed by atoms with Gasteiger partial charge in [0.1, 0.15) is 11.5 Å². The van der Waals surface area contributed by atoms with Gasteiger partial charge in [0, 0.05) is 46.2 Å². The lowest BCUT2D eigenvalue weighted by Crippen LogP contribution is -2.09. The third kappa shape index (κ3) is 8.90. The zero-order valence-electron chi connectivity index (χ0n) is 18.7. The maximum atomic E-state index is 11.3. The van der Waals surface area contributed by atoms with Crippen molar-refractivity contribution >= 4 is 23.9 Å². The van der Waals surface area contributed by atoms with Gasteiger partial charge in [-0.3, -0.25) is 19.2 Å². The molecule has 0 saturated heterocycles. The Balaban J connectivity index is 1.92. The first-order chi connectivity index (χ1) is 15.6. The van der Waals surface area contributed by atoms with Gasteiger partial charge in [-0.2, -0.15) is 0 Å². The molecule has 176 valence electrons. The van der Waals surface area contributed by atoms with Crippen molar-refractivity contribution in [1.82, 2.24) is 0 Å². The highest BCUT2D eigenvalue weighted by Gasteiger charge is 2.13. The van der Waals surface area contributed by atoms with Crippen LogP contribution >= 0.6 is 0 Å². The molecule has 0 unspecified atom stereocenters. The minimum atomic E-state index is -0.568. The van der Waals surface area contributed by atoms with Crippen molar-refractivity contribution in [3.63, 3.8) is 0 Å². The van der Waals surface area contributed by atoms with E-state index in [-0.39, 0.29) is 36.2 Å². The summed E-state index contributed by atoms with van der Waals surface area (Å²) < 4.78 is 31.4. The van der Waals surface area contributed by atoms with Crippen LogP contribution in [0, 0.1) is 0 Å². The zero-order chi connectivity index (χ0) is 24.4. The Kier molecular flexibility index (Phi) is 9.22. The molecule has 0 saturated carbocycles. The quantitative estimate of drug-likeness (QED) is 0.296. The summed E-state index contributed by atoms with van der Waals surface area (Å²) in [4.78, 5) is 44.9. The fourth-order valence-corrected chi connectivity index (χ4v) is 2.54. The Morgan fingerprint density at radius 3 is 1.21 bits per heavy atom. The van der Waals surface area contributed by atoms with Crippen LogP contribution in [0.2, 0.25) is 0 Å². The Morgan fingerprint density at radius 2 is 0.879 bits per heavy atom. The molecule has 0 aromatic heterocycles. The van der Waals surface area contributed by atoms with E-state index in [1.807, 2.05) is 0 Å². The van der Waals surface area contributed by atoms with Crippen LogP contribution in [0.15, 0.2) is 36.4 Å². The maximum Gasteiger partial charge on any atom is 0.308 e. The van der Waals surface area contributed by atoms with Crippen molar-refractivity contribution in [2.24, 2.45) is 0 Å². The van der Waals surface area contributed by atoms with Gasteiger partial charge in [0.05, 0.1) is 13.2 Å². The smallest absolute Gasteiger partial charge is 0.308 e. The number of carbonyl (C=O) groups excluding carboxylic acids is 4. The molecule has 0 bridgehead atoms. The lowest BCUT2D eigenvalue weighted by molar-refractivity contribution is -0.134. The van der Waals surface area contributed by atoms with E-state index in [0.717, 1.165) is 0 Å². The SMILES string of the molecule is CC(=O)Oc1ccc(OCCCOc2ccc(OC(C)=O)c(OC(C)=O)c2)cc1OC(C)=O. The normalized spacial score (nSPS) is 10.1. The molecular formula is C23H24O10. The number of benzene rings is 2. The Labute approximate surface area is 190 Å². The Morgan fingerprint density at radius 1 is 0.545 bits per heavy atom. The van der Waals surface area contributed by atoms with Gasteiger partial charge in [0.2, 0.25) is 0 Å². The van der Waals surface area contributed by atoms with Crippen LogP contribution in [0.25, 0.3) is 0 Å². The van der Waals surface area contributed by atoms with Crippen LogP contribution in [-0.2, 0) is 19.2 Å². The summed E-state index contributed by atoms with van der Waals surface area (Å²) in [6.45, 7) is 5.48. The molecule has 10 heteroatoms. The molecule has 0 aliphatic carbocycles. The van der Waals surface area contributed by atoms with Crippen LogP contribution in [0.5, 0.6) is 34.5 Å². The predicted octanol–water partition coefficient (Wildman–Crippen LogP) is 3.24. The Bertz CT molecular complexity index is 946. The molecule has 0 fully saturated rings. The van der Waals surface area contributed by atoms with Crippen LogP contribution in [0.3, 0.4) is 0 Å². The second-order valence-electron chi connectivity index (χ2n) is 6.64. The maximum absolute atomic E-state index is 11.3. The van der Waals surface area contributed by atoms with Crippen molar-refractivity contribution in [3.8, 4) is 34.5 Å². The number of rotatable bonds is 10. The summed E-state index contributed by atoms with van der Waals surface area (Å²) in [6, 6.07) is 8.97. The number of hydrogen-bond acceptors (Lipinski definition) is 10. The number of ether oxygens (including phenoxy) is 6. The highest BCUT2D eigenvalue weighted by atomic mass is 16.6.